The smallest absolute Gasteiger partial charge is 0.151 e. The average Bonchev–Trinajstić information content (AvgIpc) is 2.12. The SMILES string of the molecule is CC(C)(C)CC1NCCC1=O. The van der Waals surface area contributed by atoms with E-state index in [1.54, 1.807) is 0 Å². The summed E-state index contributed by atoms with van der Waals surface area (Å²) in [6.45, 7) is 7.38. The van der Waals surface area contributed by atoms with Gasteiger partial charge in [-0.1, -0.05) is 20.8 Å². The van der Waals surface area contributed by atoms with Crippen molar-refractivity contribution in [2.45, 2.75) is 39.7 Å². The van der Waals surface area contributed by atoms with E-state index >= 15 is 0 Å². The summed E-state index contributed by atoms with van der Waals surface area (Å²) >= 11 is 0. The summed E-state index contributed by atoms with van der Waals surface area (Å²) in [5.74, 6) is 0.389. The molecule has 0 radical (unpaired) electrons. The van der Waals surface area contributed by atoms with E-state index in [1.165, 1.54) is 0 Å². The molecule has 1 heterocycles. The van der Waals surface area contributed by atoms with Gasteiger partial charge in [-0.15, -0.1) is 0 Å². The molecule has 0 bridgehead atoms. The summed E-state index contributed by atoms with van der Waals surface area (Å²) in [7, 11) is 0. The van der Waals surface area contributed by atoms with Gasteiger partial charge in [-0.25, -0.2) is 0 Å². The summed E-state index contributed by atoms with van der Waals surface area (Å²) in [6.07, 6.45) is 1.69. The fourth-order valence-corrected chi connectivity index (χ4v) is 1.46. The molecule has 1 N–H and O–H groups in total. The monoisotopic (exact) mass is 155 g/mol. The third kappa shape index (κ3) is 2.62. The van der Waals surface area contributed by atoms with Crippen LogP contribution in [0.25, 0.3) is 0 Å². The second-order valence-electron chi connectivity index (χ2n) is 4.49. The average molecular weight is 155 g/mol. The zero-order valence-corrected chi connectivity index (χ0v) is 7.61. The maximum Gasteiger partial charge on any atom is 0.151 e. The normalized spacial score (nSPS) is 26.1. The first-order valence-corrected chi connectivity index (χ1v) is 4.25. The minimum atomic E-state index is 0.134. The van der Waals surface area contributed by atoms with Crippen LogP contribution >= 0.6 is 0 Å². The quantitative estimate of drug-likeness (QED) is 0.619. The topological polar surface area (TPSA) is 29.1 Å². The van der Waals surface area contributed by atoms with Crippen LogP contribution in [-0.2, 0) is 4.79 Å². The number of ketones is 1. The van der Waals surface area contributed by atoms with Crippen LogP contribution in [0.3, 0.4) is 0 Å². The second kappa shape index (κ2) is 2.94. The van der Waals surface area contributed by atoms with Crippen molar-refractivity contribution in [1.82, 2.24) is 5.32 Å². The van der Waals surface area contributed by atoms with Gasteiger partial charge in [-0.2, -0.15) is 0 Å². The van der Waals surface area contributed by atoms with Gasteiger partial charge in [0.2, 0.25) is 0 Å². The van der Waals surface area contributed by atoms with Gasteiger partial charge in [0.25, 0.3) is 0 Å². The van der Waals surface area contributed by atoms with Crippen LogP contribution in [-0.4, -0.2) is 18.4 Å². The highest BCUT2D eigenvalue weighted by atomic mass is 16.1. The molecule has 2 heteroatoms. The van der Waals surface area contributed by atoms with Crippen LogP contribution < -0.4 is 5.32 Å². The van der Waals surface area contributed by atoms with Gasteiger partial charge in [-0.3, -0.25) is 4.79 Å². The summed E-state index contributed by atoms with van der Waals surface area (Å²) in [5.41, 5.74) is 0.262. The van der Waals surface area contributed by atoms with Gasteiger partial charge < -0.3 is 5.32 Å². The molecular weight excluding hydrogens is 138 g/mol. The van der Waals surface area contributed by atoms with Crippen molar-refractivity contribution in [1.29, 1.82) is 0 Å². The minimum absolute atomic E-state index is 0.134. The fraction of sp³-hybridized carbons (Fsp3) is 0.889. The van der Waals surface area contributed by atoms with Crippen LogP contribution in [0.2, 0.25) is 0 Å². The number of rotatable bonds is 1. The zero-order valence-electron chi connectivity index (χ0n) is 7.61. The van der Waals surface area contributed by atoms with Gasteiger partial charge in [0.05, 0.1) is 6.04 Å². The Morgan fingerprint density at radius 2 is 2.18 bits per heavy atom. The molecule has 1 rings (SSSR count). The third-order valence-corrected chi connectivity index (χ3v) is 1.97. The standard InChI is InChI=1S/C9H17NO/c1-9(2,3)6-7-8(11)4-5-10-7/h7,10H,4-6H2,1-3H3. The molecule has 0 spiro atoms. The molecule has 64 valence electrons. The third-order valence-electron chi connectivity index (χ3n) is 1.97. The molecule has 1 fully saturated rings. The Labute approximate surface area is 68.4 Å². The summed E-state index contributed by atoms with van der Waals surface area (Å²) in [5, 5.41) is 3.21. The highest BCUT2D eigenvalue weighted by Crippen LogP contribution is 2.22. The van der Waals surface area contributed by atoms with Crippen molar-refractivity contribution in [2.75, 3.05) is 6.54 Å². The van der Waals surface area contributed by atoms with E-state index in [2.05, 4.69) is 26.1 Å². The van der Waals surface area contributed by atoms with Gasteiger partial charge in [0.15, 0.2) is 5.78 Å². The van der Waals surface area contributed by atoms with Crippen molar-refractivity contribution in [3.8, 4) is 0 Å². The number of carbonyl (C=O) groups is 1. The summed E-state index contributed by atoms with van der Waals surface area (Å²) in [6, 6.07) is 0.134. The molecular formula is C9H17NO. The predicted octanol–water partition coefficient (Wildman–Crippen LogP) is 1.35. The lowest BCUT2D eigenvalue weighted by Crippen LogP contribution is -2.31. The van der Waals surface area contributed by atoms with E-state index in [1.807, 2.05) is 0 Å². The van der Waals surface area contributed by atoms with Gasteiger partial charge in [0.1, 0.15) is 0 Å². The first-order chi connectivity index (χ1) is 4.99. The first kappa shape index (κ1) is 8.72. The molecule has 1 aliphatic rings. The number of nitrogens with one attached hydrogen (secondary N) is 1. The lowest BCUT2D eigenvalue weighted by molar-refractivity contribution is -0.119. The first-order valence-electron chi connectivity index (χ1n) is 4.25. The van der Waals surface area contributed by atoms with Crippen molar-refractivity contribution >= 4 is 5.78 Å². The highest BCUT2D eigenvalue weighted by molar-refractivity contribution is 5.86. The second-order valence-corrected chi connectivity index (χ2v) is 4.49. The maximum atomic E-state index is 11.2. The lowest BCUT2D eigenvalue weighted by atomic mass is 9.87. The largest absolute Gasteiger partial charge is 0.307 e. The Bertz CT molecular complexity index is 157. The molecule has 0 amide bonds. The predicted molar refractivity (Wildman–Crippen MR) is 45.5 cm³/mol. The van der Waals surface area contributed by atoms with Crippen LogP contribution in [0.15, 0.2) is 0 Å². The molecule has 0 aromatic carbocycles. The zero-order chi connectivity index (χ0) is 8.48. The van der Waals surface area contributed by atoms with Crippen LogP contribution in [0.4, 0.5) is 0 Å². The van der Waals surface area contributed by atoms with Crippen molar-refractivity contribution in [3.05, 3.63) is 0 Å². The molecule has 0 aliphatic carbocycles. The maximum absolute atomic E-state index is 11.2. The Hall–Kier alpha value is -0.370. The highest BCUT2D eigenvalue weighted by Gasteiger charge is 2.27. The van der Waals surface area contributed by atoms with E-state index in [0.717, 1.165) is 19.4 Å². The van der Waals surface area contributed by atoms with E-state index in [-0.39, 0.29) is 11.5 Å². The Morgan fingerprint density at radius 3 is 2.55 bits per heavy atom. The van der Waals surface area contributed by atoms with E-state index < -0.39 is 0 Å². The Kier molecular flexibility index (Phi) is 2.33. The molecule has 0 aromatic rings. The Balaban J connectivity index is 2.43. The number of hydrogen-bond acceptors (Lipinski definition) is 2. The van der Waals surface area contributed by atoms with Gasteiger partial charge >= 0.3 is 0 Å². The number of carbonyl (C=O) groups excluding carboxylic acids is 1. The minimum Gasteiger partial charge on any atom is -0.307 e. The van der Waals surface area contributed by atoms with Crippen molar-refractivity contribution < 1.29 is 4.79 Å². The van der Waals surface area contributed by atoms with Gasteiger partial charge in [-0.05, 0) is 11.8 Å². The number of Topliss-reactive ketones (excluding diaryl/α,β-unsaturated/α-hetero) is 1. The van der Waals surface area contributed by atoms with Gasteiger partial charge in [0, 0.05) is 13.0 Å². The summed E-state index contributed by atoms with van der Waals surface area (Å²) < 4.78 is 0. The molecule has 1 unspecified atom stereocenters. The molecule has 1 saturated heterocycles. The van der Waals surface area contributed by atoms with Crippen LogP contribution in [0.5, 0.6) is 0 Å². The van der Waals surface area contributed by atoms with E-state index in [4.69, 9.17) is 0 Å². The van der Waals surface area contributed by atoms with Crippen molar-refractivity contribution in [3.63, 3.8) is 0 Å². The van der Waals surface area contributed by atoms with Crippen LogP contribution in [0, 0.1) is 5.41 Å². The van der Waals surface area contributed by atoms with E-state index in [9.17, 15) is 4.79 Å². The number of hydrogen-bond donors (Lipinski definition) is 1. The van der Waals surface area contributed by atoms with Crippen LogP contribution in [0.1, 0.15) is 33.6 Å². The molecule has 2 nitrogen and oxygen atoms in total. The fourth-order valence-electron chi connectivity index (χ4n) is 1.46. The molecule has 0 saturated carbocycles. The molecule has 11 heavy (non-hydrogen) atoms. The molecule has 0 aromatic heterocycles. The van der Waals surface area contributed by atoms with Crippen molar-refractivity contribution in [2.24, 2.45) is 5.41 Å². The molecule has 1 atom stereocenters. The summed E-state index contributed by atoms with van der Waals surface area (Å²) in [4.78, 5) is 11.2. The molecule has 1 aliphatic heterocycles. The van der Waals surface area contributed by atoms with E-state index in [0.29, 0.717) is 5.78 Å². The Morgan fingerprint density at radius 1 is 1.55 bits per heavy atom. The lowest BCUT2D eigenvalue weighted by Gasteiger charge is -2.21.